The highest BCUT2D eigenvalue weighted by atomic mass is 127. The minimum absolute atomic E-state index is 0.256. The highest BCUT2D eigenvalue weighted by Gasteiger charge is 2.19. The maximum Gasteiger partial charge on any atom is 0.127 e. The molecule has 138 valence electrons. The fourth-order valence-electron chi connectivity index (χ4n) is 3.48. The molecule has 0 saturated heterocycles. The SMILES string of the molecule is Fc1ccc(Oc2ccc(CCCN3Cc4cccc(I)c4C3)cc2)cc1. The van der Waals surface area contributed by atoms with Gasteiger partial charge in [0.15, 0.2) is 0 Å². The molecule has 0 bridgehead atoms. The van der Waals surface area contributed by atoms with Crippen LogP contribution in [-0.2, 0) is 19.5 Å². The van der Waals surface area contributed by atoms with Crippen LogP contribution < -0.4 is 4.74 Å². The quantitative estimate of drug-likeness (QED) is 0.397. The van der Waals surface area contributed by atoms with Crippen molar-refractivity contribution in [3.05, 3.63) is 92.8 Å². The van der Waals surface area contributed by atoms with Gasteiger partial charge in [0.2, 0.25) is 0 Å². The van der Waals surface area contributed by atoms with Gasteiger partial charge in [-0.1, -0.05) is 24.3 Å². The highest BCUT2D eigenvalue weighted by Crippen LogP contribution is 2.27. The van der Waals surface area contributed by atoms with Crippen LogP contribution in [0.3, 0.4) is 0 Å². The Hall–Kier alpha value is -1.92. The van der Waals surface area contributed by atoms with Gasteiger partial charge in [0.25, 0.3) is 0 Å². The predicted octanol–water partition coefficient (Wildman–Crippen LogP) is 6.17. The first-order valence-corrected chi connectivity index (χ1v) is 10.3. The summed E-state index contributed by atoms with van der Waals surface area (Å²) in [4.78, 5) is 2.53. The Kier molecular flexibility index (Phi) is 5.74. The molecule has 0 aromatic heterocycles. The second-order valence-corrected chi connectivity index (χ2v) is 8.05. The smallest absolute Gasteiger partial charge is 0.127 e. The van der Waals surface area contributed by atoms with E-state index in [0.717, 1.165) is 38.2 Å². The second-order valence-electron chi connectivity index (χ2n) is 6.89. The third-order valence-corrected chi connectivity index (χ3v) is 5.91. The van der Waals surface area contributed by atoms with Gasteiger partial charge in [0.05, 0.1) is 0 Å². The predicted molar refractivity (Wildman–Crippen MR) is 115 cm³/mol. The Morgan fingerprint density at radius 2 is 1.59 bits per heavy atom. The van der Waals surface area contributed by atoms with Crippen molar-refractivity contribution in [1.29, 1.82) is 0 Å². The molecule has 0 unspecified atom stereocenters. The van der Waals surface area contributed by atoms with Gasteiger partial charge in [0.1, 0.15) is 17.3 Å². The standard InChI is InChI=1S/C23H21FINO/c24-19-8-12-21(13-9-19)27-20-10-6-17(7-11-20)3-2-14-26-15-18-4-1-5-23(25)22(18)16-26/h1,4-13H,2-3,14-16H2. The van der Waals surface area contributed by atoms with Crippen LogP contribution in [0.2, 0.25) is 0 Å². The maximum absolute atomic E-state index is 12.9. The summed E-state index contributed by atoms with van der Waals surface area (Å²) in [6.45, 7) is 3.24. The van der Waals surface area contributed by atoms with Crippen LogP contribution in [0.25, 0.3) is 0 Å². The summed E-state index contributed by atoms with van der Waals surface area (Å²) < 4.78 is 20.1. The minimum Gasteiger partial charge on any atom is -0.457 e. The van der Waals surface area contributed by atoms with Gasteiger partial charge in [-0.05, 0) is 101 Å². The fourth-order valence-corrected chi connectivity index (χ4v) is 4.20. The molecule has 0 amide bonds. The summed E-state index contributed by atoms with van der Waals surface area (Å²) in [5.41, 5.74) is 4.29. The molecule has 0 N–H and O–H groups in total. The zero-order chi connectivity index (χ0) is 18.6. The molecule has 0 fully saturated rings. The average Bonchev–Trinajstić information content (AvgIpc) is 3.09. The Labute approximate surface area is 173 Å². The van der Waals surface area contributed by atoms with E-state index in [2.05, 4.69) is 57.8 Å². The number of rotatable bonds is 6. The Balaban J connectivity index is 1.26. The summed E-state index contributed by atoms with van der Waals surface area (Å²) in [7, 11) is 0. The lowest BCUT2D eigenvalue weighted by molar-refractivity contribution is 0.280. The van der Waals surface area contributed by atoms with Crippen molar-refractivity contribution in [2.24, 2.45) is 0 Å². The lowest BCUT2D eigenvalue weighted by atomic mass is 10.1. The number of hydrogen-bond donors (Lipinski definition) is 0. The fraction of sp³-hybridized carbons (Fsp3) is 0.217. The molecular weight excluding hydrogens is 452 g/mol. The molecule has 2 nitrogen and oxygen atoms in total. The summed E-state index contributed by atoms with van der Waals surface area (Å²) in [6.07, 6.45) is 2.20. The lowest BCUT2D eigenvalue weighted by Crippen LogP contribution is -2.18. The van der Waals surface area contributed by atoms with Gasteiger partial charge in [0, 0.05) is 16.7 Å². The van der Waals surface area contributed by atoms with Gasteiger partial charge in [-0.15, -0.1) is 0 Å². The van der Waals surface area contributed by atoms with Crippen LogP contribution >= 0.6 is 22.6 Å². The lowest BCUT2D eigenvalue weighted by Gasteiger charge is -2.14. The van der Waals surface area contributed by atoms with Gasteiger partial charge < -0.3 is 4.74 Å². The molecule has 0 saturated carbocycles. The molecule has 4 heteroatoms. The van der Waals surface area contributed by atoms with E-state index in [1.54, 1.807) is 12.1 Å². The monoisotopic (exact) mass is 473 g/mol. The molecule has 4 rings (SSSR count). The number of benzene rings is 3. The summed E-state index contributed by atoms with van der Waals surface area (Å²) in [5, 5.41) is 0. The zero-order valence-electron chi connectivity index (χ0n) is 15.0. The van der Waals surface area contributed by atoms with Crippen molar-refractivity contribution < 1.29 is 9.13 Å². The van der Waals surface area contributed by atoms with Crippen LogP contribution in [-0.4, -0.2) is 11.4 Å². The van der Waals surface area contributed by atoms with Crippen molar-refractivity contribution >= 4 is 22.6 Å². The number of fused-ring (bicyclic) bond motifs is 1. The number of ether oxygens (including phenoxy) is 1. The molecule has 3 aromatic carbocycles. The molecule has 1 aliphatic heterocycles. The first kappa shape index (κ1) is 18.4. The van der Waals surface area contributed by atoms with Crippen LogP contribution in [0, 0.1) is 9.39 Å². The molecule has 0 radical (unpaired) electrons. The molecule has 0 spiro atoms. The van der Waals surface area contributed by atoms with Gasteiger partial charge in [-0.2, -0.15) is 0 Å². The summed E-state index contributed by atoms with van der Waals surface area (Å²) in [6, 6.07) is 20.9. The van der Waals surface area contributed by atoms with Crippen LogP contribution in [0.5, 0.6) is 11.5 Å². The average molecular weight is 473 g/mol. The van der Waals surface area contributed by atoms with Crippen molar-refractivity contribution in [2.75, 3.05) is 6.54 Å². The number of hydrogen-bond acceptors (Lipinski definition) is 2. The third-order valence-electron chi connectivity index (χ3n) is 4.90. The van der Waals surface area contributed by atoms with E-state index < -0.39 is 0 Å². The first-order chi connectivity index (χ1) is 13.2. The molecular formula is C23H21FINO. The zero-order valence-corrected chi connectivity index (χ0v) is 17.2. The van der Waals surface area contributed by atoms with Crippen molar-refractivity contribution in [3.8, 4) is 11.5 Å². The largest absolute Gasteiger partial charge is 0.457 e. The first-order valence-electron chi connectivity index (χ1n) is 9.18. The van der Waals surface area contributed by atoms with E-state index in [1.165, 1.54) is 32.4 Å². The van der Waals surface area contributed by atoms with Crippen molar-refractivity contribution in [1.82, 2.24) is 4.90 Å². The normalized spacial score (nSPS) is 13.6. The van der Waals surface area contributed by atoms with E-state index in [0.29, 0.717) is 5.75 Å². The number of nitrogens with zero attached hydrogens (tertiary/aromatic N) is 1. The molecule has 1 aliphatic rings. The Morgan fingerprint density at radius 1 is 0.889 bits per heavy atom. The molecule has 0 atom stereocenters. The molecule has 3 aromatic rings. The summed E-state index contributed by atoms with van der Waals surface area (Å²) >= 11 is 2.44. The third kappa shape index (κ3) is 4.68. The van der Waals surface area contributed by atoms with Gasteiger partial charge in [-0.25, -0.2) is 4.39 Å². The van der Waals surface area contributed by atoms with E-state index in [1.807, 2.05) is 12.1 Å². The second kappa shape index (κ2) is 8.40. The van der Waals surface area contributed by atoms with E-state index in [-0.39, 0.29) is 5.82 Å². The topological polar surface area (TPSA) is 12.5 Å². The molecule has 27 heavy (non-hydrogen) atoms. The van der Waals surface area contributed by atoms with Crippen molar-refractivity contribution in [3.63, 3.8) is 0 Å². The number of halogens is 2. The maximum atomic E-state index is 12.9. The minimum atomic E-state index is -0.256. The van der Waals surface area contributed by atoms with Gasteiger partial charge in [-0.3, -0.25) is 4.90 Å². The van der Waals surface area contributed by atoms with Crippen molar-refractivity contribution in [2.45, 2.75) is 25.9 Å². The van der Waals surface area contributed by atoms with Crippen LogP contribution in [0.4, 0.5) is 4.39 Å². The summed E-state index contributed by atoms with van der Waals surface area (Å²) in [5.74, 6) is 1.16. The molecule has 1 heterocycles. The van der Waals surface area contributed by atoms with E-state index >= 15 is 0 Å². The van der Waals surface area contributed by atoms with E-state index in [9.17, 15) is 4.39 Å². The van der Waals surface area contributed by atoms with Crippen LogP contribution in [0.1, 0.15) is 23.1 Å². The Morgan fingerprint density at radius 3 is 2.30 bits per heavy atom. The van der Waals surface area contributed by atoms with Gasteiger partial charge >= 0.3 is 0 Å². The van der Waals surface area contributed by atoms with E-state index in [4.69, 9.17) is 4.74 Å². The number of aryl methyl sites for hydroxylation is 1. The van der Waals surface area contributed by atoms with Crippen LogP contribution in [0.15, 0.2) is 66.7 Å². The Bertz CT molecular complexity index is 909. The highest BCUT2D eigenvalue weighted by molar-refractivity contribution is 14.1. The molecule has 0 aliphatic carbocycles.